The van der Waals surface area contributed by atoms with Gasteiger partial charge in [-0.05, 0) is 75.7 Å². The molecule has 3 rings (SSSR count). The molecule has 1 atom stereocenters. The number of aryl methyl sites for hydroxylation is 1. The van der Waals surface area contributed by atoms with Crippen LogP contribution in [0.2, 0.25) is 0 Å². The number of rotatable bonds is 5. The molecule has 2 aliphatic rings. The Morgan fingerprint density at radius 1 is 1.14 bits per heavy atom. The van der Waals surface area contributed by atoms with E-state index in [4.69, 9.17) is 4.98 Å². The first-order chi connectivity index (χ1) is 10.8. The Hall–Kier alpha value is -1.09. The highest BCUT2D eigenvalue weighted by molar-refractivity contribution is 5.44. The molecule has 3 heteroatoms. The van der Waals surface area contributed by atoms with Crippen LogP contribution in [0.3, 0.4) is 0 Å². The molecule has 122 valence electrons. The van der Waals surface area contributed by atoms with Crippen LogP contribution >= 0.6 is 0 Å². The Labute approximate surface area is 135 Å². The van der Waals surface area contributed by atoms with Crippen LogP contribution in [0.15, 0.2) is 12.3 Å². The minimum atomic E-state index is 0.606. The zero-order valence-corrected chi connectivity index (χ0v) is 14.4. The minimum absolute atomic E-state index is 0.606. The monoisotopic (exact) mass is 301 g/mol. The highest BCUT2D eigenvalue weighted by atomic mass is 15.2. The van der Waals surface area contributed by atoms with Crippen molar-refractivity contribution in [3.63, 3.8) is 0 Å². The van der Waals surface area contributed by atoms with E-state index >= 15 is 0 Å². The summed E-state index contributed by atoms with van der Waals surface area (Å²) in [5.74, 6) is 1.19. The first-order valence-electron chi connectivity index (χ1n) is 9.25. The van der Waals surface area contributed by atoms with E-state index in [0.717, 1.165) is 0 Å². The van der Waals surface area contributed by atoms with Crippen LogP contribution in [0, 0.1) is 6.92 Å². The summed E-state index contributed by atoms with van der Waals surface area (Å²) in [5.41, 5.74) is 2.90. The van der Waals surface area contributed by atoms with E-state index in [1.807, 2.05) is 0 Å². The van der Waals surface area contributed by atoms with Gasteiger partial charge in [0, 0.05) is 25.3 Å². The van der Waals surface area contributed by atoms with Gasteiger partial charge in [0.15, 0.2) is 0 Å². The van der Waals surface area contributed by atoms with Crippen molar-refractivity contribution >= 4 is 5.82 Å². The molecule has 0 aliphatic carbocycles. The van der Waals surface area contributed by atoms with Crippen LogP contribution < -0.4 is 4.90 Å². The summed E-state index contributed by atoms with van der Waals surface area (Å²) >= 11 is 0. The largest absolute Gasteiger partial charge is 0.357 e. The molecular formula is C19H31N3. The molecule has 0 aromatic carbocycles. The van der Waals surface area contributed by atoms with Crippen molar-refractivity contribution in [1.29, 1.82) is 0 Å². The Morgan fingerprint density at radius 2 is 1.95 bits per heavy atom. The van der Waals surface area contributed by atoms with Crippen molar-refractivity contribution in [1.82, 2.24) is 9.88 Å². The highest BCUT2D eigenvalue weighted by Gasteiger charge is 2.27. The zero-order chi connectivity index (χ0) is 15.4. The average Bonchev–Trinajstić information content (AvgIpc) is 3.02. The van der Waals surface area contributed by atoms with Gasteiger partial charge in [0.2, 0.25) is 0 Å². The third kappa shape index (κ3) is 3.45. The van der Waals surface area contributed by atoms with E-state index in [-0.39, 0.29) is 0 Å². The van der Waals surface area contributed by atoms with Crippen molar-refractivity contribution < 1.29 is 0 Å². The van der Waals surface area contributed by atoms with E-state index < -0.39 is 0 Å². The first kappa shape index (κ1) is 15.8. The second-order valence-electron chi connectivity index (χ2n) is 6.99. The zero-order valence-electron chi connectivity index (χ0n) is 14.4. The lowest BCUT2D eigenvalue weighted by Gasteiger charge is -2.30. The van der Waals surface area contributed by atoms with E-state index in [1.54, 1.807) is 0 Å². The van der Waals surface area contributed by atoms with Crippen LogP contribution in [0.4, 0.5) is 5.82 Å². The lowest BCUT2D eigenvalue weighted by molar-refractivity contribution is 0.252. The summed E-state index contributed by atoms with van der Waals surface area (Å²) in [6, 6.07) is 2.94. The molecule has 1 aromatic heterocycles. The number of hydrogen-bond acceptors (Lipinski definition) is 3. The second kappa shape index (κ2) is 7.45. The van der Waals surface area contributed by atoms with E-state index in [0.29, 0.717) is 6.04 Å². The summed E-state index contributed by atoms with van der Waals surface area (Å²) in [6.45, 7) is 9.42. The van der Waals surface area contributed by atoms with Gasteiger partial charge in [0.1, 0.15) is 5.82 Å². The van der Waals surface area contributed by atoms with Gasteiger partial charge in [-0.15, -0.1) is 0 Å². The SMILES string of the molecule is CCCCN1CCC[C@@H]1c1cnc(N2CCCCC2)cc1C. The van der Waals surface area contributed by atoms with E-state index in [2.05, 4.69) is 35.9 Å². The fraction of sp³-hybridized carbons (Fsp3) is 0.737. The molecule has 3 heterocycles. The lowest BCUT2D eigenvalue weighted by atomic mass is 10.0. The van der Waals surface area contributed by atoms with Crippen molar-refractivity contribution in [3.05, 3.63) is 23.4 Å². The maximum Gasteiger partial charge on any atom is 0.128 e. The summed E-state index contributed by atoms with van der Waals surface area (Å²) in [6.07, 6.45) is 11.4. The van der Waals surface area contributed by atoms with Crippen molar-refractivity contribution in [2.75, 3.05) is 31.1 Å². The van der Waals surface area contributed by atoms with Crippen LogP contribution in [-0.2, 0) is 0 Å². The first-order valence-corrected chi connectivity index (χ1v) is 9.25. The number of pyridine rings is 1. The summed E-state index contributed by atoms with van der Waals surface area (Å²) < 4.78 is 0. The lowest BCUT2D eigenvalue weighted by Crippen LogP contribution is -2.30. The van der Waals surface area contributed by atoms with Crippen LogP contribution in [-0.4, -0.2) is 36.1 Å². The van der Waals surface area contributed by atoms with E-state index in [1.165, 1.54) is 88.1 Å². The Balaban J connectivity index is 1.73. The molecule has 22 heavy (non-hydrogen) atoms. The number of aromatic nitrogens is 1. The average molecular weight is 301 g/mol. The van der Waals surface area contributed by atoms with Gasteiger partial charge in [-0.1, -0.05) is 13.3 Å². The Bertz CT molecular complexity index is 480. The summed E-state index contributed by atoms with van der Waals surface area (Å²) in [7, 11) is 0. The quantitative estimate of drug-likeness (QED) is 0.807. The highest BCUT2D eigenvalue weighted by Crippen LogP contribution is 2.34. The molecule has 0 unspecified atom stereocenters. The molecule has 0 spiro atoms. The normalized spacial score (nSPS) is 23.2. The Kier molecular flexibility index (Phi) is 5.35. The summed E-state index contributed by atoms with van der Waals surface area (Å²) in [4.78, 5) is 9.96. The molecule has 2 fully saturated rings. The molecule has 1 aromatic rings. The Morgan fingerprint density at radius 3 is 2.68 bits per heavy atom. The van der Waals surface area contributed by atoms with Gasteiger partial charge in [0.25, 0.3) is 0 Å². The number of anilines is 1. The molecule has 0 amide bonds. The van der Waals surface area contributed by atoms with Gasteiger partial charge >= 0.3 is 0 Å². The molecule has 3 nitrogen and oxygen atoms in total. The number of unbranched alkanes of at least 4 members (excludes halogenated alkanes) is 1. The topological polar surface area (TPSA) is 19.4 Å². The number of likely N-dealkylation sites (tertiary alicyclic amines) is 1. The third-order valence-electron chi connectivity index (χ3n) is 5.34. The fourth-order valence-electron chi connectivity index (χ4n) is 4.00. The van der Waals surface area contributed by atoms with Gasteiger partial charge in [0.05, 0.1) is 0 Å². The predicted octanol–water partition coefficient (Wildman–Crippen LogP) is 4.32. The molecule has 0 radical (unpaired) electrons. The fourth-order valence-corrected chi connectivity index (χ4v) is 4.00. The standard InChI is InChI=1S/C19H31N3/c1-3-4-10-21-13-8-9-18(21)17-15-20-19(14-16(17)2)22-11-6-5-7-12-22/h14-15,18H,3-13H2,1-2H3/t18-/m1/s1. The van der Waals surface area contributed by atoms with Gasteiger partial charge < -0.3 is 4.90 Å². The molecule has 0 N–H and O–H groups in total. The molecule has 0 bridgehead atoms. The predicted molar refractivity (Wildman–Crippen MR) is 93.5 cm³/mol. The number of nitrogens with zero attached hydrogens (tertiary/aromatic N) is 3. The molecule has 2 saturated heterocycles. The van der Waals surface area contributed by atoms with Crippen LogP contribution in [0.25, 0.3) is 0 Å². The number of hydrogen-bond donors (Lipinski definition) is 0. The van der Waals surface area contributed by atoms with Gasteiger partial charge in [-0.2, -0.15) is 0 Å². The summed E-state index contributed by atoms with van der Waals surface area (Å²) in [5, 5.41) is 0. The maximum absolute atomic E-state index is 4.82. The molecular weight excluding hydrogens is 270 g/mol. The van der Waals surface area contributed by atoms with Crippen molar-refractivity contribution in [2.24, 2.45) is 0 Å². The minimum Gasteiger partial charge on any atom is -0.357 e. The smallest absolute Gasteiger partial charge is 0.128 e. The van der Waals surface area contributed by atoms with Crippen molar-refractivity contribution in [3.8, 4) is 0 Å². The van der Waals surface area contributed by atoms with Crippen LogP contribution in [0.1, 0.15) is 69.0 Å². The van der Waals surface area contributed by atoms with Crippen LogP contribution in [0.5, 0.6) is 0 Å². The van der Waals surface area contributed by atoms with Crippen molar-refractivity contribution in [2.45, 2.75) is 64.8 Å². The van der Waals surface area contributed by atoms with Gasteiger partial charge in [-0.25, -0.2) is 4.98 Å². The molecule has 2 aliphatic heterocycles. The van der Waals surface area contributed by atoms with Gasteiger partial charge in [-0.3, -0.25) is 4.90 Å². The maximum atomic E-state index is 4.82. The number of piperidine rings is 1. The van der Waals surface area contributed by atoms with E-state index in [9.17, 15) is 0 Å². The third-order valence-corrected chi connectivity index (χ3v) is 5.34. The molecule has 0 saturated carbocycles. The second-order valence-corrected chi connectivity index (χ2v) is 6.99.